The van der Waals surface area contributed by atoms with Gasteiger partial charge in [-0.25, -0.2) is 0 Å². The Labute approximate surface area is 110 Å². The molecule has 0 radical (unpaired) electrons. The molecule has 0 aromatic heterocycles. The van der Waals surface area contributed by atoms with E-state index in [0.717, 1.165) is 3.57 Å². The van der Waals surface area contributed by atoms with E-state index in [1.165, 1.54) is 0 Å². The first-order chi connectivity index (χ1) is 7.18. The summed E-state index contributed by atoms with van der Waals surface area (Å²) in [6, 6.07) is 7.18. The Morgan fingerprint density at radius 1 is 1.25 bits per heavy atom. The Kier molecular flexibility index (Phi) is 4.19. The second kappa shape index (κ2) is 4.89. The molecule has 0 saturated heterocycles. The molecule has 0 fully saturated rings. The molecule has 0 atom stereocenters. The summed E-state index contributed by atoms with van der Waals surface area (Å²) in [4.78, 5) is 0. The van der Waals surface area contributed by atoms with Crippen LogP contribution in [0.1, 0.15) is 20.8 Å². The average molecular weight is 354 g/mol. The highest BCUT2D eigenvalue weighted by Gasteiger charge is 2.19. The van der Waals surface area contributed by atoms with Gasteiger partial charge in [0.2, 0.25) is 0 Å². The zero-order chi connectivity index (χ0) is 12.4. The summed E-state index contributed by atoms with van der Waals surface area (Å²) in [6.07, 6.45) is 0. The van der Waals surface area contributed by atoms with Crippen LogP contribution in [0.4, 0.5) is 5.69 Å². The normalized spacial score (nSPS) is 12.5. The number of halogens is 1. The predicted octanol–water partition coefficient (Wildman–Crippen LogP) is 2.34. The first-order valence-corrected chi connectivity index (χ1v) is 7.31. The van der Waals surface area contributed by atoms with Crippen molar-refractivity contribution in [3.8, 4) is 0 Å². The van der Waals surface area contributed by atoms with Crippen LogP contribution in [0.25, 0.3) is 0 Å². The van der Waals surface area contributed by atoms with Gasteiger partial charge in [-0.1, -0.05) is 6.07 Å². The molecule has 90 valence electrons. The van der Waals surface area contributed by atoms with Crippen LogP contribution >= 0.6 is 22.6 Å². The molecule has 1 aromatic rings. The molecule has 16 heavy (non-hydrogen) atoms. The van der Waals surface area contributed by atoms with Crippen molar-refractivity contribution in [1.29, 1.82) is 0 Å². The SMILES string of the molecule is CC(C)(C)NS(=O)(=O)Nc1cccc(I)c1. The molecule has 0 spiro atoms. The Hall–Kier alpha value is -0.340. The van der Waals surface area contributed by atoms with Crippen LogP contribution in [0.3, 0.4) is 0 Å². The first kappa shape index (κ1) is 13.7. The molecular formula is C10H15IN2O2S. The van der Waals surface area contributed by atoms with Crippen LogP contribution < -0.4 is 9.44 Å². The van der Waals surface area contributed by atoms with E-state index in [0.29, 0.717) is 5.69 Å². The first-order valence-electron chi connectivity index (χ1n) is 4.75. The van der Waals surface area contributed by atoms with Gasteiger partial charge in [0, 0.05) is 9.11 Å². The topological polar surface area (TPSA) is 58.2 Å². The number of nitrogens with one attached hydrogen (secondary N) is 2. The summed E-state index contributed by atoms with van der Waals surface area (Å²) in [7, 11) is -3.51. The largest absolute Gasteiger partial charge is 0.299 e. The Morgan fingerprint density at radius 3 is 2.38 bits per heavy atom. The van der Waals surface area contributed by atoms with Gasteiger partial charge in [0.05, 0.1) is 5.69 Å². The molecule has 0 aliphatic rings. The molecule has 0 aliphatic heterocycles. The molecular weight excluding hydrogens is 339 g/mol. The summed E-state index contributed by atoms with van der Waals surface area (Å²) in [6.45, 7) is 5.38. The summed E-state index contributed by atoms with van der Waals surface area (Å²) < 4.78 is 29.4. The highest BCUT2D eigenvalue weighted by molar-refractivity contribution is 14.1. The Bertz CT molecular complexity index is 466. The standard InChI is InChI=1S/C10H15IN2O2S/c1-10(2,3)13-16(14,15)12-9-6-4-5-8(11)7-9/h4-7,12-13H,1-3H3. The van der Waals surface area contributed by atoms with Crippen LogP contribution in [-0.2, 0) is 10.2 Å². The van der Waals surface area contributed by atoms with Crippen molar-refractivity contribution in [1.82, 2.24) is 4.72 Å². The highest BCUT2D eigenvalue weighted by atomic mass is 127. The number of hydrogen-bond acceptors (Lipinski definition) is 2. The predicted molar refractivity (Wildman–Crippen MR) is 74.6 cm³/mol. The zero-order valence-corrected chi connectivity index (χ0v) is 12.4. The van der Waals surface area contributed by atoms with E-state index in [4.69, 9.17) is 0 Å². The number of anilines is 1. The van der Waals surface area contributed by atoms with E-state index < -0.39 is 15.7 Å². The maximum absolute atomic E-state index is 11.7. The lowest BCUT2D eigenvalue weighted by Crippen LogP contribution is -2.43. The van der Waals surface area contributed by atoms with Crippen molar-refractivity contribution in [3.63, 3.8) is 0 Å². The molecule has 0 saturated carbocycles. The van der Waals surface area contributed by atoms with Crippen molar-refractivity contribution in [2.75, 3.05) is 4.72 Å². The Morgan fingerprint density at radius 2 is 1.88 bits per heavy atom. The fourth-order valence-corrected chi connectivity index (χ4v) is 2.97. The summed E-state index contributed by atoms with van der Waals surface area (Å²) in [5.74, 6) is 0. The van der Waals surface area contributed by atoms with Gasteiger partial charge in [0.1, 0.15) is 0 Å². The van der Waals surface area contributed by atoms with Gasteiger partial charge >= 0.3 is 0 Å². The van der Waals surface area contributed by atoms with Crippen molar-refractivity contribution >= 4 is 38.5 Å². The third-order valence-electron chi connectivity index (χ3n) is 1.52. The smallest absolute Gasteiger partial charge is 0.271 e. The Balaban J connectivity index is 2.81. The molecule has 0 aliphatic carbocycles. The van der Waals surface area contributed by atoms with Gasteiger partial charge in [-0.3, -0.25) is 4.72 Å². The molecule has 1 rings (SSSR count). The van der Waals surface area contributed by atoms with E-state index >= 15 is 0 Å². The lowest BCUT2D eigenvalue weighted by molar-refractivity contribution is 0.494. The third-order valence-corrected chi connectivity index (χ3v) is 3.57. The van der Waals surface area contributed by atoms with E-state index in [1.807, 2.05) is 6.07 Å². The minimum atomic E-state index is -3.51. The minimum Gasteiger partial charge on any atom is -0.271 e. The summed E-state index contributed by atoms with van der Waals surface area (Å²) in [5.41, 5.74) is 0.0666. The molecule has 0 amide bonds. The third kappa shape index (κ3) is 5.13. The van der Waals surface area contributed by atoms with Crippen LogP contribution in [0.15, 0.2) is 24.3 Å². The number of hydrogen-bond donors (Lipinski definition) is 2. The zero-order valence-electron chi connectivity index (χ0n) is 9.41. The van der Waals surface area contributed by atoms with Gasteiger partial charge in [0.25, 0.3) is 10.2 Å². The van der Waals surface area contributed by atoms with Crippen LogP contribution in [0.2, 0.25) is 0 Å². The van der Waals surface area contributed by atoms with Crippen molar-refractivity contribution in [3.05, 3.63) is 27.8 Å². The molecule has 0 bridgehead atoms. The van der Waals surface area contributed by atoms with Gasteiger partial charge < -0.3 is 0 Å². The highest BCUT2D eigenvalue weighted by Crippen LogP contribution is 2.14. The fraction of sp³-hybridized carbons (Fsp3) is 0.400. The molecule has 1 aromatic carbocycles. The monoisotopic (exact) mass is 354 g/mol. The quantitative estimate of drug-likeness (QED) is 0.819. The molecule has 0 unspecified atom stereocenters. The number of rotatable bonds is 3. The van der Waals surface area contributed by atoms with Gasteiger partial charge in [-0.2, -0.15) is 13.1 Å². The van der Waals surface area contributed by atoms with Crippen molar-refractivity contribution in [2.45, 2.75) is 26.3 Å². The molecule has 2 N–H and O–H groups in total. The van der Waals surface area contributed by atoms with E-state index in [1.54, 1.807) is 39.0 Å². The van der Waals surface area contributed by atoms with E-state index in [-0.39, 0.29) is 0 Å². The second-order valence-electron chi connectivity index (χ2n) is 4.47. The van der Waals surface area contributed by atoms with Crippen molar-refractivity contribution < 1.29 is 8.42 Å². The van der Waals surface area contributed by atoms with Crippen LogP contribution in [0, 0.1) is 3.57 Å². The van der Waals surface area contributed by atoms with E-state index in [9.17, 15) is 8.42 Å². The maximum Gasteiger partial charge on any atom is 0.299 e. The molecule has 4 nitrogen and oxygen atoms in total. The average Bonchev–Trinajstić information content (AvgIpc) is 1.96. The lowest BCUT2D eigenvalue weighted by Gasteiger charge is -2.20. The maximum atomic E-state index is 11.7. The molecule has 0 heterocycles. The van der Waals surface area contributed by atoms with Crippen LogP contribution in [-0.4, -0.2) is 14.0 Å². The van der Waals surface area contributed by atoms with Gasteiger partial charge in [-0.15, -0.1) is 0 Å². The minimum absolute atomic E-state index is 0.492. The lowest BCUT2D eigenvalue weighted by atomic mass is 10.1. The van der Waals surface area contributed by atoms with E-state index in [2.05, 4.69) is 32.0 Å². The number of benzene rings is 1. The second-order valence-corrected chi connectivity index (χ2v) is 7.13. The van der Waals surface area contributed by atoms with Gasteiger partial charge in [0.15, 0.2) is 0 Å². The molecule has 6 heteroatoms. The fourth-order valence-electron chi connectivity index (χ4n) is 1.14. The summed E-state index contributed by atoms with van der Waals surface area (Å²) in [5, 5.41) is 0. The van der Waals surface area contributed by atoms with Crippen molar-refractivity contribution in [2.24, 2.45) is 0 Å². The van der Waals surface area contributed by atoms with Gasteiger partial charge in [-0.05, 0) is 61.6 Å². The van der Waals surface area contributed by atoms with Crippen LogP contribution in [0.5, 0.6) is 0 Å². The summed E-state index contributed by atoms with van der Waals surface area (Å²) >= 11 is 2.13.